The molecule has 0 aliphatic rings. The molecular formula is C11H19ClN4. The molecule has 5 heteroatoms. The predicted molar refractivity (Wildman–Crippen MR) is 66.8 cm³/mol. The molecule has 0 saturated carbocycles. The van der Waals surface area contributed by atoms with Gasteiger partial charge in [0.05, 0.1) is 17.1 Å². The fourth-order valence-corrected chi connectivity index (χ4v) is 1.59. The summed E-state index contributed by atoms with van der Waals surface area (Å²) in [4.78, 5) is 0. The van der Waals surface area contributed by atoms with E-state index in [-0.39, 0.29) is 11.3 Å². The number of nitrogens with one attached hydrogen (secondary N) is 1. The van der Waals surface area contributed by atoms with Crippen molar-refractivity contribution >= 4 is 17.4 Å². The number of nitrogens with zero attached hydrogens (tertiary/aromatic N) is 2. The van der Waals surface area contributed by atoms with Crippen LogP contribution in [0.2, 0.25) is 5.02 Å². The minimum atomic E-state index is -0.193. The van der Waals surface area contributed by atoms with Gasteiger partial charge in [0.15, 0.2) is 0 Å². The zero-order valence-electron chi connectivity index (χ0n) is 9.83. The van der Waals surface area contributed by atoms with Gasteiger partial charge in [-0.15, -0.1) is 0 Å². The molecule has 0 saturated heterocycles. The van der Waals surface area contributed by atoms with E-state index in [1.807, 2.05) is 24.7 Å². The Morgan fingerprint density at radius 2 is 2.25 bits per heavy atom. The van der Waals surface area contributed by atoms with E-state index < -0.39 is 0 Å². The monoisotopic (exact) mass is 242 g/mol. The Morgan fingerprint density at radius 1 is 1.56 bits per heavy atom. The first-order valence-corrected chi connectivity index (χ1v) is 5.82. The van der Waals surface area contributed by atoms with Gasteiger partial charge in [0.1, 0.15) is 0 Å². The molecule has 0 unspecified atom stereocenters. The lowest BCUT2D eigenvalue weighted by Crippen LogP contribution is -2.30. The summed E-state index contributed by atoms with van der Waals surface area (Å²) in [6, 6.07) is 0. The van der Waals surface area contributed by atoms with Crippen LogP contribution in [-0.4, -0.2) is 15.6 Å². The van der Waals surface area contributed by atoms with Crippen LogP contribution in [-0.2, 0) is 6.54 Å². The standard InChI is InChI=1S/C11H19ClN4/c1-11(2,10(13)14)5-3-4-6-16-8-9(12)7-15-16/h7-8H,3-6H2,1-2H3,(H3,13,14). The Balaban J connectivity index is 2.24. The van der Waals surface area contributed by atoms with E-state index in [9.17, 15) is 0 Å². The van der Waals surface area contributed by atoms with Crippen LogP contribution in [0.5, 0.6) is 0 Å². The topological polar surface area (TPSA) is 67.7 Å². The van der Waals surface area contributed by atoms with Crippen LogP contribution in [0.15, 0.2) is 12.4 Å². The molecule has 0 atom stereocenters. The summed E-state index contributed by atoms with van der Waals surface area (Å²) >= 11 is 5.76. The first-order chi connectivity index (χ1) is 7.42. The quantitative estimate of drug-likeness (QED) is 0.458. The Labute approximate surface area is 101 Å². The molecule has 4 nitrogen and oxygen atoms in total. The number of hydrogen-bond donors (Lipinski definition) is 2. The highest BCUT2D eigenvalue weighted by atomic mass is 35.5. The Bertz CT molecular complexity index is 357. The fourth-order valence-electron chi connectivity index (χ4n) is 1.44. The maximum Gasteiger partial charge on any atom is 0.0963 e. The second kappa shape index (κ2) is 5.34. The molecule has 1 aromatic heterocycles. The normalized spacial score (nSPS) is 11.7. The molecule has 0 aliphatic carbocycles. The number of aryl methyl sites for hydroxylation is 1. The van der Waals surface area contributed by atoms with Gasteiger partial charge in [-0.25, -0.2) is 0 Å². The third-order valence-corrected chi connectivity index (χ3v) is 2.97. The maximum absolute atomic E-state index is 7.44. The molecule has 0 aliphatic heterocycles. The van der Waals surface area contributed by atoms with Crippen molar-refractivity contribution in [3.05, 3.63) is 17.4 Å². The Kier molecular flexibility index (Phi) is 4.35. The van der Waals surface area contributed by atoms with Crippen molar-refractivity contribution in [3.63, 3.8) is 0 Å². The van der Waals surface area contributed by atoms with Crippen molar-refractivity contribution in [1.29, 1.82) is 5.41 Å². The zero-order valence-corrected chi connectivity index (χ0v) is 10.6. The summed E-state index contributed by atoms with van der Waals surface area (Å²) in [6.07, 6.45) is 6.44. The van der Waals surface area contributed by atoms with Crippen molar-refractivity contribution < 1.29 is 0 Å². The zero-order chi connectivity index (χ0) is 12.2. The van der Waals surface area contributed by atoms with Crippen molar-refractivity contribution in [2.45, 2.75) is 39.7 Å². The average molecular weight is 243 g/mol. The van der Waals surface area contributed by atoms with Crippen molar-refractivity contribution in [2.24, 2.45) is 11.1 Å². The van der Waals surface area contributed by atoms with Gasteiger partial charge >= 0.3 is 0 Å². The molecule has 1 aromatic rings. The van der Waals surface area contributed by atoms with Crippen LogP contribution in [0.3, 0.4) is 0 Å². The number of unbranched alkanes of at least 4 members (excludes halogenated alkanes) is 1. The number of amidine groups is 1. The minimum absolute atomic E-state index is 0.193. The summed E-state index contributed by atoms with van der Waals surface area (Å²) < 4.78 is 1.84. The molecule has 0 bridgehead atoms. The van der Waals surface area contributed by atoms with E-state index in [0.717, 1.165) is 25.8 Å². The summed E-state index contributed by atoms with van der Waals surface area (Å²) in [7, 11) is 0. The summed E-state index contributed by atoms with van der Waals surface area (Å²) in [5, 5.41) is 12.2. The highest BCUT2D eigenvalue weighted by molar-refractivity contribution is 6.30. The van der Waals surface area contributed by atoms with Gasteiger partial charge in [0.2, 0.25) is 0 Å². The highest BCUT2D eigenvalue weighted by Crippen LogP contribution is 2.22. The van der Waals surface area contributed by atoms with Gasteiger partial charge in [-0.1, -0.05) is 31.9 Å². The number of rotatable bonds is 6. The molecular weight excluding hydrogens is 224 g/mol. The van der Waals surface area contributed by atoms with Crippen molar-refractivity contribution in [3.8, 4) is 0 Å². The molecule has 0 aromatic carbocycles. The lowest BCUT2D eigenvalue weighted by molar-refractivity contribution is 0.424. The van der Waals surface area contributed by atoms with Gasteiger partial charge in [0.25, 0.3) is 0 Å². The molecule has 0 amide bonds. The third kappa shape index (κ3) is 3.85. The Hall–Kier alpha value is -1.03. The number of halogens is 1. The van der Waals surface area contributed by atoms with Crippen LogP contribution >= 0.6 is 11.6 Å². The first-order valence-electron chi connectivity index (χ1n) is 5.44. The molecule has 0 spiro atoms. The Morgan fingerprint density at radius 3 is 2.75 bits per heavy atom. The molecule has 1 heterocycles. The lowest BCUT2D eigenvalue weighted by atomic mass is 9.86. The highest BCUT2D eigenvalue weighted by Gasteiger charge is 2.20. The summed E-state index contributed by atoms with van der Waals surface area (Å²) in [5.74, 6) is 0.259. The van der Waals surface area contributed by atoms with Crippen LogP contribution < -0.4 is 5.73 Å². The summed E-state index contributed by atoms with van der Waals surface area (Å²) in [5.41, 5.74) is 5.32. The summed E-state index contributed by atoms with van der Waals surface area (Å²) in [6.45, 7) is 4.86. The van der Waals surface area contributed by atoms with Crippen LogP contribution in [0.1, 0.15) is 33.1 Å². The van der Waals surface area contributed by atoms with Gasteiger partial charge in [-0.3, -0.25) is 10.1 Å². The van der Waals surface area contributed by atoms with Gasteiger partial charge in [0, 0.05) is 18.2 Å². The van der Waals surface area contributed by atoms with Gasteiger partial charge in [-0.2, -0.15) is 5.10 Å². The SMILES string of the molecule is CC(C)(CCCCn1cc(Cl)cn1)C(=N)N. The van der Waals surface area contributed by atoms with Gasteiger partial charge < -0.3 is 5.73 Å². The largest absolute Gasteiger partial charge is 0.387 e. The predicted octanol–water partition coefficient (Wildman–Crippen LogP) is 2.67. The molecule has 3 N–H and O–H groups in total. The number of aromatic nitrogens is 2. The number of hydrogen-bond acceptors (Lipinski definition) is 2. The molecule has 0 fully saturated rings. The molecule has 0 radical (unpaired) electrons. The molecule has 90 valence electrons. The van der Waals surface area contributed by atoms with E-state index in [4.69, 9.17) is 22.7 Å². The third-order valence-electron chi connectivity index (χ3n) is 2.77. The van der Waals surface area contributed by atoms with Crippen LogP contribution in [0.4, 0.5) is 0 Å². The lowest BCUT2D eigenvalue weighted by Gasteiger charge is -2.22. The van der Waals surface area contributed by atoms with E-state index >= 15 is 0 Å². The van der Waals surface area contributed by atoms with Crippen molar-refractivity contribution in [1.82, 2.24) is 9.78 Å². The van der Waals surface area contributed by atoms with E-state index in [2.05, 4.69) is 5.10 Å². The van der Waals surface area contributed by atoms with E-state index in [1.54, 1.807) is 6.20 Å². The van der Waals surface area contributed by atoms with Crippen molar-refractivity contribution in [2.75, 3.05) is 0 Å². The van der Waals surface area contributed by atoms with E-state index in [0.29, 0.717) is 5.02 Å². The minimum Gasteiger partial charge on any atom is -0.387 e. The molecule has 16 heavy (non-hydrogen) atoms. The first kappa shape index (κ1) is 13.0. The number of nitrogens with two attached hydrogens (primary N) is 1. The smallest absolute Gasteiger partial charge is 0.0963 e. The van der Waals surface area contributed by atoms with Gasteiger partial charge in [-0.05, 0) is 12.8 Å². The fraction of sp³-hybridized carbons (Fsp3) is 0.636. The van der Waals surface area contributed by atoms with Crippen LogP contribution in [0, 0.1) is 10.8 Å². The second-order valence-corrected chi connectivity index (χ2v) is 5.11. The second-order valence-electron chi connectivity index (χ2n) is 4.68. The average Bonchev–Trinajstić information content (AvgIpc) is 2.59. The molecule has 1 rings (SSSR count). The van der Waals surface area contributed by atoms with Crippen LogP contribution in [0.25, 0.3) is 0 Å². The van der Waals surface area contributed by atoms with E-state index in [1.165, 1.54) is 0 Å². The maximum atomic E-state index is 7.44.